The molecule has 1 aromatic carbocycles. The molecule has 2 rings (SSSR count). The molecule has 1 aliphatic heterocycles. The summed E-state index contributed by atoms with van der Waals surface area (Å²) in [6, 6.07) is 6.34. The lowest BCUT2D eigenvalue weighted by Crippen LogP contribution is -2.48. The number of nitrogens with one attached hydrogen (secondary N) is 2. The second-order valence-electron chi connectivity index (χ2n) is 7.09. The van der Waals surface area contributed by atoms with Gasteiger partial charge in [-0.1, -0.05) is 12.1 Å². The number of rotatable bonds is 8. The molecule has 0 bridgehead atoms. The van der Waals surface area contributed by atoms with Gasteiger partial charge in [-0.05, 0) is 37.5 Å². The molecule has 1 aromatic rings. The van der Waals surface area contributed by atoms with Gasteiger partial charge in [0.05, 0.1) is 13.7 Å². The number of hydrogen-bond acceptors (Lipinski definition) is 4. The topological polar surface area (TPSA) is 69.2 Å². The number of guanidine groups is 1. The first-order valence-electron chi connectivity index (χ1n) is 10.2. The molecule has 7 heteroatoms. The average molecular weight is 390 g/mol. The van der Waals surface area contributed by atoms with Crippen LogP contribution in [0.1, 0.15) is 25.0 Å². The van der Waals surface area contributed by atoms with Crippen molar-refractivity contribution in [1.29, 1.82) is 0 Å². The molecule has 28 heavy (non-hydrogen) atoms. The maximum Gasteiger partial charge on any atom is 0.219 e. The van der Waals surface area contributed by atoms with Gasteiger partial charge in [-0.15, -0.1) is 0 Å². The standard InChI is InChI=1S/C21H35N5O2/c1-5-22-21(23-9-8-19-7-6-17(2)20(16-19)28-4)24-10-11-25-12-14-26(15-13-25)18(3)27/h6-7,16H,5,8-15H2,1-4H3,(H2,22,23,24). The number of carbonyl (C=O) groups is 1. The summed E-state index contributed by atoms with van der Waals surface area (Å²) in [5.74, 6) is 1.95. The Balaban J connectivity index is 1.75. The first kappa shape index (κ1) is 22.0. The molecule has 0 atom stereocenters. The monoisotopic (exact) mass is 389 g/mol. The lowest BCUT2D eigenvalue weighted by atomic mass is 10.1. The van der Waals surface area contributed by atoms with Gasteiger partial charge in [0, 0.05) is 52.7 Å². The van der Waals surface area contributed by atoms with Crippen molar-refractivity contribution in [3.05, 3.63) is 29.3 Å². The first-order valence-corrected chi connectivity index (χ1v) is 10.2. The number of aryl methyl sites for hydroxylation is 1. The van der Waals surface area contributed by atoms with Crippen LogP contribution in [0.15, 0.2) is 23.2 Å². The molecule has 0 aromatic heterocycles. The summed E-state index contributed by atoms with van der Waals surface area (Å²) in [5.41, 5.74) is 2.40. The van der Waals surface area contributed by atoms with Crippen molar-refractivity contribution in [3.8, 4) is 5.75 Å². The van der Waals surface area contributed by atoms with Crippen molar-refractivity contribution in [2.24, 2.45) is 4.99 Å². The Kier molecular flexibility index (Phi) is 9.07. The van der Waals surface area contributed by atoms with Gasteiger partial charge < -0.3 is 20.3 Å². The normalized spacial score (nSPS) is 15.4. The largest absolute Gasteiger partial charge is 0.496 e. The van der Waals surface area contributed by atoms with E-state index in [0.29, 0.717) is 0 Å². The van der Waals surface area contributed by atoms with Crippen LogP contribution < -0.4 is 15.4 Å². The molecule has 7 nitrogen and oxygen atoms in total. The van der Waals surface area contributed by atoms with E-state index in [9.17, 15) is 4.79 Å². The Bertz CT molecular complexity index is 654. The van der Waals surface area contributed by atoms with Gasteiger partial charge in [0.15, 0.2) is 5.96 Å². The zero-order valence-electron chi connectivity index (χ0n) is 17.8. The maximum atomic E-state index is 11.4. The average Bonchev–Trinajstić information content (AvgIpc) is 2.69. The third-order valence-corrected chi connectivity index (χ3v) is 5.03. The highest BCUT2D eigenvalue weighted by Gasteiger charge is 2.17. The van der Waals surface area contributed by atoms with Crippen LogP contribution in [0.25, 0.3) is 0 Å². The minimum Gasteiger partial charge on any atom is -0.496 e. The Morgan fingerprint density at radius 3 is 2.61 bits per heavy atom. The molecule has 0 aliphatic carbocycles. The van der Waals surface area contributed by atoms with Crippen LogP contribution in [-0.4, -0.2) is 81.1 Å². The number of ether oxygens (including phenoxy) is 1. The number of nitrogens with zero attached hydrogens (tertiary/aromatic N) is 3. The summed E-state index contributed by atoms with van der Waals surface area (Å²) in [4.78, 5) is 20.4. The summed E-state index contributed by atoms with van der Waals surface area (Å²) in [6.45, 7) is 12.6. The molecule has 0 unspecified atom stereocenters. The van der Waals surface area contributed by atoms with Gasteiger partial charge >= 0.3 is 0 Å². The van der Waals surface area contributed by atoms with Gasteiger partial charge in [-0.25, -0.2) is 0 Å². The molecular weight excluding hydrogens is 354 g/mol. The number of benzene rings is 1. The fourth-order valence-corrected chi connectivity index (χ4v) is 3.28. The quantitative estimate of drug-likeness (QED) is 0.518. The van der Waals surface area contributed by atoms with Crippen LogP contribution >= 0.6 is 0 Å². The minimum atomic E-state index is 0.169. The zero-order chi connectivity index (χ0) is 20.4. The number of amides is 1. The predicted molar refractivity (Wildman–Crippen MR) is 114 cm³/mol. The van der Waals surface area contributed by atoms with E-state index in [2.05, 4.69) is 52.6 Å². The van der Waals surface area contributed by atoms with Crippen molar-refractivity contribution in [1.82, 2.24) is 20.4 Å². The van der Waals surface area contributed by atoms with E-state index in [1.165, 1.54) is 5.56 Å². The van der Waals surface area contributed by atoms with Crippen molar-refractivity contribution < 1.29 is 9.53 Å². The van der Waals surface area contributed by atoms with Gasteiger partial charge in [0.25, 0.3) is 0 Å². The van der Waals surface area contributed by atoms with Crippen LogP contribution in [0, 0.1) is 6.92 Å². The van der Waals surface area contributed by atoms with Crippen LogP contribution in [0.5, 0.6) is 5.75 Å². The maximum absolute atomic E-state index is 11.4. The van der Waals surface area contributed by atoms with Crippen molar-refractivity contribution in [2.45, 2.75) is 27.2 Å². The van der Waals surface area contributed by atoms with Crippen LogP contribution in [0.2, 0.25) is 0 Å². The Labute approximate surface area is 169 Å². The highest BCUT2D eigenvalue weighted by molar-refractivity contribution is 5.79. The summed E-state index contributed by atoms with van der Waals surface area (Å²) in [7, 11) is 1.71. The summed E-state index contributed by atoms with van der Waals surface area (Å²) >= 11 is 0. The first-order chi connectivity index (χ1) is 13.5. The molecule has 1 aliphatic rings. The van der Waals surface area contributed by atoms with E-state index in [1.807, 2.05) is 4.90 Å². The third kappa shape index (κ3) is 7.03. The van der Waals surface area contributed by atoms with Gasteiger partial charge in [0.1, 0.15) is 5.75 Å². The highest BCUT2D eigenvalue weighted by atomic mass is 16.5. The van der Waals surface area contributed by atoms with Gasteiger partial charge in [-0.2, -0.15) is 0 Å². The summed E-state index contributed by atoms with van der Waals surface area (Å²) < 4.78 is 5.40. The lowest BCUT2D eigenvalue weighted by molar-refractivity contribution is -0.130. The van der Waals surface area contributed by atoms with E-state index >= 15 is 0 Å². The van der Waals surface area contributed by atoms with Crippen molar-refractivity contribution in [3.63, 3.8) is 0 Å². The molecule has 1 heterocycles. The van der Waals surface area contributed by atoms with E-state index < -0.39 is 0 Å². The fraction of sp³-hybridized carbons (Fsp3) is 0.619. The molecule has 1 saturated heterocycles. The molecule has 1 fully saturated rings. The Hall–Kier alpha value is -2.28. The minimum absolute atomic E-state index is 0.169. The smallest absolute Gasteiger partial charge is 0.219 e. The molecule has 2 N–H and O–H groups in total. The number of piperazine rings is 1. The molecule has 1 amide bonds. The number of methoxy groups -OCH3 is 1. The Morgan fingerprint density at radius 1 is 1.21 bits per heavy atom. The van der Waals surface area contributed by atoms with E-state index in [1.54, 1.807) is 14.0 Å². The van der Waals surface area contributed by atoms with E-state index in [4.69, 9.17) is 4.74 Å². The molecule has 0 spiro atoms. The number of hydrogen-bond donors (Lipinski definition) is 2. The van der Waals surface area contributed by atoms with Crippen molar-refractivity contribution in [2.75, 3.05) is 59.5 Å². The zero-order valence-corrected chi connectivity index (χ0v) is 17.8. The highest BCUT2D eigenvalue weighted by Crippen LogP contribution is 2.18. The lowest BCUT2D eigenvalue weighted by Gasteiger charge is -2.33. The molecule has 156 valence electrons. The fourth-order valence-electron chi connectivity index (χ4n) is 3.28. The van der Waals surface area contributed by atoms with Crippen LogP contribution in [0.4, 0.5) is 0 Å². The van der Waals surface area contributed by atoms with E-state index in [-0.39, 0.29) is 5.91 Å². The molecule has 0 saturated carbocycles. The number of carbonyl (C=O) groups excluding carboxylic acids is 1. The molecular formula is C21H35N5O2. The van der Waals surface area contributed by atoms with E-state index in [0.717, 1.165) is 76.1 Å². The summed E-state index contributed by atoms with van der Waals surface area (Å²) in [6.07, 6.45) is 0.911. The van der Waals surface area contributed by atoms with Crippen LogP contribution in [-0.2, 0) is 11.2 Å². The SMILES string of the molecule is CCNC(=NCCN1CCN(C(C)=O)CC1)NCCc1ccc(C)c(OC)c1. The third-order valence-electron chi connectivity index (χ3n) is 5.03. The molecule has 0 radical (unpaired) electrons. The predicted octanol–water partition coefficient (Wildman–Crippen LogP) is 1.27. The van der Waals surface area contributed by atoms with Gasteiger partial charge in [0.2, 0.25) is 5.91 Å². The summed E-state index contributed by atoms with van der Waals surface area (Å²) in [5, 5.41) is 6.71. The second kappa shape index (κ2) is 11.5. The van der Waals surface area contributed by atoms with Crippen molar-refractivity contribution >= 4 is 11.9 Å². The number of aliphatic imine (C=N–C) groups is 1. The van der Waals surface area contributed by atoms with Crippen LogP contribution in [0.3, 0.4) is 0 Å². The van der Waals surface area contributed by atoms with Gasteiger partial charge in [-0.3, -0.25) is 14.7 Å². The Morgan fingerprint density at radius 2 is 1.96 bits per heavy atom. The second-order valence-corrected chi connectivity index (χ2v) is 7.09.